The fraction of sp³-hybridized carbons (Fsp3) is 0.484. The van der Waals surface area contributed by atoms with Crippen LogP contribution in [0.25, 0.3) is 22.2 Å². The molecule has 1 aromatic heterocycles. The predicted molar refractivity (Wildman–Crippen MR) is 150 cm³/mol. The average Bonchev–Trinajstić information content (AvgIpc) is 3.44. The number of carbonyl (C=O) groups is 2. The highest BCUT2D eigenvalue weighted by molar-refractivity contribution is 5.98. The number of likely N-dealkylation sites (tertiary alicyclic amines) is 1. The molecule has 7 nitrogen and oxygen atoms in total. The number of carbonyl (C=O) groups excluding carboxylic acids is 1. The molecule has 2 N–H and O–H groups in total. The van der Waals surface area contributed by atoms with E-state index in [2.05, 4.69) is 39.0 Å². The molecule has 3 heterocycles. The number of hydrogen-bond donors (Lipinski definition) is 2. The number of benzene rings is 2. The highest BCUT2D eigenvalue weighted by Gasteiger charge is 2.43. The minimum absolute atomic E-state index is 0.00219. The summed E-state index contributed by atoms with van der Waals surface area (Å²) in [6.07, 6.45) is 7.02. The lowest BCUT2D eigenvalue weighted by atomic mass is 9.81. The van der Waals surface area contributed by atoms with Gasteiger partial charge in [0.15, 0.2) is 0 Å². The lowest BCUT2D eigenvalue weighted by Gasteiger charge is -2.29. The Morgan fingerprint density at radius 2 is 1.84 bits per heavy atom. The minimum atomic E-state index is -0.894. The number of nitrogens with zero attached hydrogens (tertiary/aromatic N) is 3. The number of likely N-dealkylation sites (N-methyl/N-ethyl adjacent to an activating group) is 1. The van der Waals surface area contributed by atoms with Crippen LogP contribution in [0.2, 0.25) is 0 Å². The van der Waals surface area contributed by atoms with Gasteiger partial charge in [-0.05, 0) is 62.5 Å². The van der Waals surface area contributed by atoms with Crippen LogP contribution < -0.4 is 5.32 Å². The van der Waals surface area contributed by atoms with Gasteiger partial charge in [0.25, 0.3) is 0 Å². The van der Waals surface area contributed by atoms with Crippen molar-refractivity contribution in [3.63, 3.8) is 0 Å². The number of aromatic carboxylic acids is 1. The zero-order valence-corrected chi connectivity index (χ0v) is 22.4. The van der Waals surface area contributed by atoms with Gasteiger partial charge >= 0.3 is 12.0 Å². The van der Waals surface area contributed by atoms with Crippen molar-refractivity contribution in [1.29, 1.82) is 0 Å². The Labute approximate surface area is 224 Å². The summed E-state index contributed by atoms with van der Waals surface area (Å²) in [7, 11) is 4.02. The molecule has 0 radical (unpaired) electrons. The molecule has 2 aliphatic heterocycles. The van der Waals surface area contributed by atoms with Crippen LogP contribution >= 0.6 is 0 Å². The Hall–Kier alpha value is -3.32. The third-order valence-corrected chi connectivity index (χ3v) is 8.93. The molecule has 0 bridgehead atoms. The number of urea groups is 1. The van der Waals surface area contributed by atoms with Gasteiger partial charge in [-0.2, -0.15) is 0 Å². The minimum Gasteiger partial charge on any atom is -0.478 e. The normalized spacial score (nSPS) is 21.2. The molecule has 3 aromatic rings. The molecule has 7 heteroatoms. The maximum absolute atomic E-state index is 13.4. The summed E-state index contributed by atoms with van der Waals surface area (Å²) < 4.78 is 2.41. The lowest BCUT2D eigenvalue weighted by Crippen LogP contribution is -2.42. The molecule has 0 unspecified atom stereocenters. The first-order valence-electron chi connectivity index (χ1n) is 14.1. The molecule has 2 aromatic carbocycles. The van der Waals surface area contributed by atoms with Gasteiger partial charge < -0.3 is 24.8 Å². The fourth-order valence-electron chi connectivity index (χ4n) is 7.18. The van der Waals surface area contributed by atoms with Crippen molar-refractivity contribution < 1.29 is 14.7 Å². The van der Waals surface area contributed by atoms with Gasteiger partial charge in [-0.15, -0.1) is 0 Å². The molecular weight excluding hydrogens is 476 g/mol. The van der Waals surface area contributed by atoms with E-state index in [1.54, 1.807) is 6.07 Å². The molecule has 1 aliphatic carbocycles. The van der Waals surface area contributed by atoms with Crippen LogP contribution in [0, 0.1) is 5.92 Å². The van der Waals surface area contributed by atoms with Crippen molar-refractivity contribution in [2.45, 2.75) is 57.0 Å². The monoisotopic (exact) mass is 514 g/mol. The van der Waals surface area contributed by atoms with E-state index in [0.717, 1.165) is 31.6 Å². The fourth-order valence-corrected chi connectivity index (χ4v) is 7.18. The van der Waals surface area contributed by atoms with E-state index in [1.807, 2.05) is 31.1 Å². The van der Waals surface area contributed by atoms with E-state index >= 15 is 0 Å². The zero-order chi connectivity index (χ0) is 26.4. The summed E-state index contributed by atoms with van der Waals surface area (Å²) in [6, 6.07) is 14.3. The lowest BCUT2D eigenvalue weighted by molar-refractivity contribution is 0.0697. The van der Waals surface area contributed by atoms with Crippen LogP contribution in [0.5, 0.6) is 0 Å². The smallest absolute Gasteiger partial charge is 0.335 e. The molecule has 3 aliphatic rings. The Morgan fingerprint density at radius 1 is 1.05 bits per heavy atom. The standard InChI is InChI=1S/C31H38N4O3/c1-33(2)17-15-32-31(38)34-16-14-22-19-35-26-18-21(30(36)37)12-13-25(26)27(20-8-4-3-5-9-20)29(35)24-11-7-6-10-23(24)28(22)34/h6-7,10-13,18,20,22,28H,3-5,8-9,14-17,19H2,1-2H3,(H,32,38)(H,36,37)/t22-,28+/m0/s1. The summed E-state index contributed by atoms with van der Waals surface area (Å²) in [5.41, 5.74) is 6.38. The number of carboxylic acid groups (broad SMARTS) is 1. The van der Waals surface area contributed by atoms with E-state index in [-0.39, 0.29) is 18.0 Å². The quantitative estimate of drug-likeness (QED) is 0.458. The number of amides is 2. The van der Waals surface area contributed by atoms with E-state index in [4.69, 9.17) is 0 Å². The highest BCUT2D eigenvalue weighted by atomic mass is 16.4. The first kappa shape index (κ1) is 25.0. The van der Waals surface area contributed by atoms with Gasteiger partial charge in [-0.25, -0.2) is 9.59 Å². The van der Waals surface area contributed by atoms with Crippen LogP contribution in [0.1, 0.15) is 72.0 Å². The van der Waals surface area contributed by atoms with Gasteiger partial charge in [0.2, 0.25) is 0 Å². The first-order valence-corrected chi connectivity index (χ1v) is 14.1. The topological polar surface area (TPSA) is 77.8 Å². The molecule has 2 amide bonds. The molecule has 200 valence electrons. The van der Waals surface area contributed by atoms with Crippen molar-refractivity contribution in [2.24, 2.45) is 5.92 Å². The molecule has 2 fully saturated rings. The van der Waals surface area contributed by atoms with Crippen molar-refractivity contribution in [1.82, 2.24) is 19.7 Å². The van der Waals surface area contributed by atoms with Gasteiger partial charge in [0.1, 0.15) is 0 Å². The molecule has 38 heavy (non-hydrogen) atoms. The van der Waals surface area contributed by atoms with Gasteiger partial charge in [-0.3, -0.25) is 0 Å². The van der Waals surface area contributed by atoms with Gasteiger partial charge in [0, 0.05) is 48.6 Å². The summed E-state index contributed by atoms with van der Waals surface area (Å²) in [4.78, 5) is 29.5. The van der Waals surface area contributed by atoms with Crippen molar-refractivity contribution in [3.8, 4) is 11.3 Å². The number of fused-ring (bicyclic) bond motifs is 7. The number of hydrogen-bond acceptors (Lipinski definition) is 3. The Kier molecular flexibility index (Phi) is 6.64. The molecule has 1 saturated heterocycles. The maximum Gasteiger partial charge on any atom is 0.335 e. The molecule has 0 spiro atoms. The predicted octanol–water partition coefficient (Wildman–Crippen LogP) is 5.70. The van der Waals surface area contributed by atoms with Crippen LogP contribution in [0.3, 0.4) is 0 Å². The Morgan fingerprint density at radius 3 is 2.61 bits per heavy atom. The number of nitrogens with one attached hydrogen (secondary N) is 1. The third kappa shape index (κ3) is 4.27. The molecule has 1 saturated carbocycles. The van der Waals surface area contributed by atoms with Crippen molar-refractivity contribution >= 4 is 22.9 Å². The SMILES string of the molecule is CN(C)CCNC(=O)N1CC[C@H]2Cn3c(c(C4CCCCC4)c4ccc(C(=O)O)cc43)-c3ccccc3[C@@H]21. The Bertz CT molecular complexity index is 1370. The second kappa shape index (κ2) is 10.1. The second-order valence-corrected chi connectivity index (χ2v) is 11.6. The van der Waals surface area contributed by atoms with Crippen LogP contribution in [-0.4, -0.2) is 65.2 Å². The zero-order valence-electron chi connectivity index (χ0n) is 22.4. The number of carboxylic acids is 1. The average molecular weight is 515 g/mol. The summed E-state index contributed by atoms with van der Waals surface area (Å²) in [5.74, 6) is -0.162. The first-order chi connectivity index (χ1) is 18.4. The molecule has 2 atom stereocenters. The second-order valence-electron chi connectivity index (χ2n) is 11.6. The van der Waals surface area contributed by atoms with Crippen molar-refractivity contribution in [3.05, 3.63) is 59.2 Å². The summed E-state index contributed by atoms with van der Waals surface area (Å²) >= 11 is 0. The van der Waals surface area contributed by atoms with Gasteiger partial charge in [-0.1, -0.05) is 49.6 Å². The van der Waals surface area contributed by atoms with E-state index in [0.29, 0.717) is 18.0 Å². The van der Waals surface area contributed by atoms with E-state index in [1.165, 1.54) is 59.9 Å². The largest absolute Gasteiger partial charge is 0.478 e. The van der Waals surface area contributed by atoms with Crippen molar-refractivity contribution in [2.75, 3.05) is 33.7 Å². The van der Waals surface area contributed by atoms with E-state index in [9.17, 15) is 14.7 Å². The summed E-state index contributed by atoms with van der Waals surface area (Å²) in [6.45, 7) is 2.93. The molecular formula is C31H38N4O3. The van der Waals surface area contributed by atoms with Crippen LogP contribution in [-0.2, 0) is 6.54 Å². The summed E-state index contributed by atoms with van der Waals surface area (Å²) in [5, 5.41) is 14.1. The molecule has 6 rings (SSSR count). The van der Waals surface area contributed by atoms with E-state index < -0.39 is 5.97 Å². The third-order valence-electron chi connectivity index (χ3n) is 8.93. The number of aromatic nitrogens is 1. The van der Waals surface area contributed by atoms with Crippen LogP contribution in [0.15, 0.2) is 42.5 Å². The Balaban J connectivity index is 1.50. The van der Waals surface area contributed by atoms with Crippen LogP contribution in [0.4, 0.5) is 4.79 Å². The number of rotatable bonds is 5. The van der Waals surface area contributed by atoms with Gasteiger partial charge in [0.05, 0.1) is 17.3 Å². The highest BCUT2D eigenvalue weighted by Crippen LogP contribution is 2.51. The maximum atomic E-state index is 13.4.